The normalized spacial score (nSPS) is 10.8. The van der Waals surface area contributed by atoms with Crippen LogP contribution in [-0.4, -0.2) is 28.6 Å². The lowest BCUT2D eigenvalue weighted by molar-refractivity contribution is 0.0696. The van der Waals surface area contributed by atoms with Crippen molar-refractivity contribution in [1.29, 1.82) is 0 Å². The molecular formula is C20H23N3O4. The summed E-state index contributed by atoms with van der Waals surface area (Å²) in [5.41, 5.74) is 1.72. The van der Waals surface area contributed by atoms with E-state index in [1.807, 2.05) is 20.8 Å². The predicted octanol–water partition coefficient (Wildman–Crippen LogP) is 3.23. The van der Waals surface area contributed by atoms with Crippen molar-refractivity contribution in [2.24, 2.45) is 0 Å². The van der Waals surface area contributed by atoms with Crippen LogP contribution in [0.4, 0.5) is 10.5 Å². The van der Waals surface area contributed by atoms with E-state index in [2.05, 4.69) is 16.0 Å². The summed E-state index contributed by atoms with van der Waals surface area (Å²) in [7, 11) is 0. The van der Waals surface area contributed by atoms with Gasteiger partial charge in [-0.15, -0.1) is 0 Å². The molecule has 0 aliphatic heterocycles. The maximum absolute atomic E-state index is 12.1. The summed E-state index contributed by atoms with van der Waals surface area (Å²) in [6.45, 7) is 5.97. The van der Waals surface area contributed by atoms with Crippen LogP contribution in [0.15, 0.2) is 48.5 Å². The number of benzene rings is 2. The molecule has 2 rings (SSSR count). The molecule has 2 aromatic rings. The van der Waals surface area contributed by atoms with Crippen LogP contribution < -0.4 is 16.0 Å². The molecule has 0 radical (unpaired) electrons. The maximum Gasteiger partial charge on any atom is 0.335 e. The number of carboxylic acid groups (broad SMARTS) is 1. The lowest BCUT2D eigenvalue weighted by Gasteiger charge is -2.20. The van der Waals surface area contributed by atoms with Crippen LogP contribution in [-0.2, 0) is 6.54 Å². The molecule has 0 fully saturated rings. The number of urea groups is 1. The number of aromatic carboxylic acids is 1. The Kier molecular flexibility index (Phi) is 6.18. The fourth-order valence-electron chi connectivity index (χ4n) is 2.24. The van der Waals surface area contributed by atoms with Gasteiger partial charge in [-0.1, -0.05) is 12.1 Å². The zero-order chi connectivity index (χ0) is 20.0. The average molecular weight is 369 g/mol. The maximum atomic E-state index is 12.1. The molecule has 7 heteroatoms. The lowest BCUT2D eigenvalue weighted by Crippen LogP contribution is -2.40. The highest BCUT2D eigenvalue weighted by molar-refractivity contribution is 5.96. The second kappa shape index (κ2) is 8.35. The van der Waals surface area contributed by atoms with Crippen molar-refractivity contribution in [1.82, 2.24) is 10.6 Å². The molecule has 0 unspecified atom stereocenters. The monoisotopic (exact) mass is 369 g/mol. The van der Waals surface area contributed by atoms with Gasteiger partial charge < -0.3 is 21.1 Å². The largest absolute Gasteiger partial charge is 0.478 e. The molecule has 3 amide bonds. The zero-order valence-corrected chi connectivity index (χ0v) is 15.5. The summed E-state index contributed by atoms with van der Waals surface area (Å²) in [5.74, 6) is -1.17. The molecule has 0 spiro atoms. The van der Waals surface area contributed by atoms with Gasteiger partial charge in [0.15, 0.2) is 0 Å². The lowest BCUT2D eigenvalue weighted by atomic mass is 10.1. The smallest absolute Gasteiger partial charge is 0.335 e. The number of rotatable bonds is 5. The van der Waals surface area contributed by atoms with Crippen LogP contribution in [0.2, 0.25) is 0 Å². The second-order valence-corrected chi connectivity index (χ2v) is 7.09. The summed E-state index contributed by atoms with van der Waals surface area (Å²) in [6.07, 6.45) is 0. The summed E-state index contributed by atoms with van der Waals surface area (Å²) >= 11 is 0. The van der Waals surface area contributed by atoms with Crippen LogP contribution in [0.1, 0.15) is 47.1 Å². The van der Waals surface area contributed by atoms with Gasteiger partial charge in [0.05, 0.1) is 5.56 Å². The summed E-state index contributed by atoms with van der Waals surface area (Å²) in [4.78, 5) is 34.9. The van der Waals surface area contributed by atoms with E-state index in [4.69, 9.17) is 5.11 Å². The summed E-state index contributed by atoms with van der Waals surface area (Å²) in [5, 5.41) is 17.1. The number of carboxylic acids is 1. The SMILES string of the molecule is CC(C)(C)NC(=O)c1ccc(NC(=O)NCc2ccc(C(=O)O)cc2)cc1. The fourth-order valence-corrected chi connectivity index (χ4v) is 2.24. The average Bonchev–Trinajstić information content (AvgIpc) is 2.59. The van der Waals surface area contributed by atoms with Gasteiger partial charge in [-0.2, -0.15) is 0 Å². The molecule has 0 heterocycles. The Balaban J connectivity index is 1.86. The molecule has 142 valence electrons. The van der Waals surface area contributed by atoms with Gasteiger partial charge in [0, 0.05) is 23.3 Å². The van der Waals surface area contributed by atoms with Crippen molar-refractivity contribution in [2.45, 2.75) is 32.9 Å². The van der Waals surface area contributed by atoms with Gasteiger partial charge in [-0.05, 0) is 62.7 Å². The number of carbonyl (C=O) groups excluding carboxylic acids is 2. The van der Waals surface area contributed by atoms with E-state index in [0.29, 0.717) is 11.3 Å². The van der Waals surface area contributed by atoms with E-state index in [0.717, 1.165) is 5.56 Å². The number of carbonyl (C=O) groups is 3. The summed E-state index contributed by atoms with van der Waals surface area (Å²) < 4.78 is 0. The predicted molar refractivity (Wildman–Crippen MR) is 103 cm³/mol. The van der Waals surface area contributed by atoms with Crippen LogP contribution in [0, 0.1) is 0 Å². The molecule has 0 aromatic heterocycles. The quantitative estimate of drug-likeness (QED) is 0.649. The minimum Gasteiger partial charge on any atom is -0.478 e. The van der Waals surface area contributed by atoms with Crippen LogP contribution >= 0.6 is 0 Å². The van der Waals surface area contributed by atoms with Crippen molar-refractivity contribution in [3.8, 4) is 0 Å². The number of nitrogens with one attached hydrogen (secondary N) is 3. The fraction of sp³-hybridized carbons (Fsp3) is 0.250. The van der Waals surface area contributed by atoms with E-state index in [9.17, 15) is 14.4 Å². The van der Waals surface area contributed by atoms with Gasteiger partial charge in [0.25, 0.3) is 5.91 Å². The second-order valence-electron chi connectivity index (χ2n) is 7.09. The van der Waals surface area contributed by atoms with Crippen molar-refractivity contribution in [3.05, 3.63) is 65.2 Å². The first-order chi connectivity index (χ1) is 12.6. The van der Waals surface area contributed by atoms with E-state index >= 15 is 0 Å². The number of anilines is 1. The number of amides is 3. The van der Waals surface area contributed by atoms with Gasteiger partial charge >= 0.3 is 12.0 Å². The van der Waals surface area contributed by atoms with Crippen molar-refractivity contribution < 1.29 is 19.5 Å². The van der Waals surface area contributed by atoms with E-state index in [1.165, 1.54) is 12.1 Å². The van der Waals surface area contributed by atoms with Crippen LogP contribution in [0.3, 0.4) is 0 Å². The molecular weight excluding hydrogens is 346 g/mol. The van der Waals surface area contributed by atoms with E-state index in [-0.39, 0.29) is 23.6 Å². The third kappa shape index (κ3) is 6.47. The molecule has 0 aliphatic carbocycles. The topological polar surface area (TPSA) is 108 Å². The van der Waals surface area contributed by atoms with Gasteiger partial charge in [0.2, 0.25) is 0 Å². The Morgan fingerprint density at radius 3 is 1.96 bits per heavy atom. The molecule has 4 N–H and O–H groups in total. The first-order valence-corrected chi connectivity index (χ1v) is 8.44. The number of hydrogen-bond acceptors (Lipinski definition) is 3. The Bertz CT molecular complexity index is 822. The molecule has 0 bridgehead atoms. The first-order valence-electron chi connectivity index (χ1n) is 8.44. The highest BCUT2D eigenvalue weighted by atomic mass is 16.4. The van der Waals surface area contributed by atoms with Gasteiger partial charge in [-0.25, -0.2) is 9.59 Å². The van der Waals surface area contributed by atoms with Crippen LogP contribution in [0.25, 0.3) is 0 Å². The minimum absolute atomic E-state index is 0.177. The molecule has 27 heavy (non-hydrogen) atoms. The summed E-state index contributed by atoms with van der Waals surface area (Å²) in [6, 6.07) is 12.4. The minimum atomic E-state index is -0.994. The molecule has 0 aliphatic rings. The standard InChI is InChI=1S/C20H23N3O4/c1-20(2,3)23-17(24)14-8-10-16(11-9-14)22-19(27)21-12-13-4-6-15(7-5-13)18(25)26/h4-11H,12H2,1-3H3,(H,23,24)(H,25,26)(H2,21,22,27). The molecule has 0 saturated carbocycles. The number of hydrogen-bond donors (Lipinski definition) is 4. The Morgan fingerprint density at radius 2 is 1.44 bits per heavy atom. The van der Waals surface area contributed by atoms with Gasteiger partial charge in [0.1, 0.15) is 0 Å². The van der Waals surface area contributed by atoms with Crippen molar-refractivity contribution in [3.63, 3.8) is 0 Å². The highest BCUT2D eigenvalue weighted by Gasteiger charge is 2.15. The van der Waals surface area contributed by atoms with Crippen molar-refractivity contribution >= 4 is 23.6 Å². The third-order valence-corrected chi connectivity index (χ3v) is 3.55. The zero-order valence-electron chi connectivity index (χ0n) is 15.5. The molecule has 7 nitrogen and oxygen atoms in total. The molecule has 2 aromatic carbocycles. The Labute approximate surface area is 157 Å². The van der Waals surface area contributed by atoms with Crippen molar-refractivity contribution in [2.75, 3.05) is 5.32 Å². The Hall–Kier alpha value is -3.35. The molecule has 0 atom stereocenters. The third-order valence-electron chi connectivity index (χ3n) is 3.55. The van der Waals surface area contributed by atoms with E-state index in [1.54, 1.807) is 36.4 Å². The first kappa shape index (κ1) is 20.0. The highest BCUT2D eigenvalue weighted by Crippen LogP contribution is 2.11. The van der Waals surface area contributed by atoms with Crippen LogP contribution in [0.5, 0.6) is 0 Å². The molecule has 0 saturated heterocycles. The van der Waals surface area contributed by atoms with E-state index < -0.39 is 12.0 Å². The van der Waals surface area contributed by atoms with Gasteiger partial charge in [-0.3, -0.25) is 4.79 Å². The Morgan fingerprint density at radius 1 is 0.889 bits per heavy atom.